The summed E-state index contributed by atoms with van der Waals surface area (Å²) in [4.78, 5) is 0. The number of rotatable bonds is 0. The predicted octanol–water partition coefficient (Wildman–Crippen LogP) is 8.07. The Morgan fingerprint density at radius 2 is 1.35 bits per heavy atom. The molecule has 31 heavy (non-hydrogen) atoms. The van der Waals surface area contributed by atoms with Crippen molar-refractivity contribution < 1.29 is 4.43 Å². The van der Waals surface area contributed by atoms with Crippen LogP contribution < -0.4 is 0 Å². The molecule has 1 aliphatic heterocycles. The van der Waals surface area contributed by atoms with Gasteiger partial charge < -0.3 is 4.43 Å². The molecule has 1 saturated heterocycles. The zero-order valence-corrected chi connectivity index (χ0v) is 19.9. The van der Waals surface area contributed by atoms with Crippen molar-refractivity contribution in [2.75, 3.05) is 6.61 Å². The highest BCUT2D eigenvalue weighted by Gasteiger charge is 2.09. The number of aryl methyl sites for hydroxylation is 2. The van der Waals surface area contributed by atoms with Crippen LogP contribution in [-0.2, 0) is 4.43 Å². The summed E-state index contributed by atoms with van der Waals surface area (Å²) in [5.41, 5.74) is 2.69. The van der Waals surface area contributed by atoms with E-state index in [1.54, 1.807) is 0 Å². The van der Waals surface area contributed by atoms with Crippen LogP contribution in [0.3, 0.4) is 0 Å². The van der Waals surface area contributed by atoms with Gasteiger partial charge in [0.25, 0.3) is 0 Å². The summed E-state index contributed by atoms with van der Waals surface area (Å²) < 4.78 is 5.42. The average Bonchev–Trinajstić information content (AvgIpc) is 2.79. The van der Waals surface area contributed by atoms with Crippen molar-refractivity contribution in [3.8, 4) is 0 Å². The number of hydrogen-bond acceptors (Lipinski definition) is 1. The van der Waals surface area contributed by atoms with Gasteiger partial charge in [0.1, 0.15) is 0 Å². The third-order valence-corrected chi connectivity index (χ3v) is 8.68. The van der Waals surface area contributed by atoms with Crippen LogP contribution >= 0.6 is 0 Å². The highest BCUT2D eigenvalue weighted by atomic mass is 28.3. The van der Waals surface area contributed by atoms with Crippen LogP contribution in [0, 0.1) is 13.8 Å². The van der Waals surface area contributed by atoms with Crippen molar-refractivity contribution >= 4 is 52.1 Å². The molecule has 0 N–H and O–H groups in total. The molecule has 0 radical (unpaired) electrons. The van der Waals surface area contributed by atoms with Crippen LogP contribution in [0.1, 0.15) is 24.0 Å². The van der Waals surface area contributed by atoms with Gasteiger partial charge >= 0.3 is 0 Å². The lowest BCUT2D eigenvalue weighted by molar-refractivity contribution is 0.291. The fourth-order valence-electron chi connectivity index (χ4n) is 4.84. The quantitative estimate of drug-likeness (QED) is 0.139. The molecular formula is C29H30OSi. The second-order valence-electron chi connectivity index (χ2n) is 8.98. The van der Waals surface area contributed by atoms with E-state index in [4.69, 9.17) is 4.43 Å². The highest BCUT2D eigenvalue weighted by Crippen LogP contribution is 2.35. The molecule has 6 rings (SSSR count). The Balaban J connectivity index is 0.000000250. The summed E-state index contributed by atoms with van der Waals surface area (Å²) in [6, 6.07) is 28.3. The molecule has 5 aromatic carbocycles. The van der Waals surface area contributed by atoms with E-state index in [0.29, 0.717) is 0 Å². The van der Waals surface area contributed by atoms with Crippen molar-refractivity contribution in [1.82, 2.24) is 0 Å². The normalized spacial score (nSPS) is 16.5. The molecular weight excluding hydrogens is 392 g/mol. The van der Waals surface area contributed by atoms with Crippen LogP contribution in [-0.4, -0.2) is 15.6 Å². The summed E-state index contributed by atoms with van der Waals surface area (Å²) >= 11 is 0. The summed E-state index contributed by atoms with van der Waals surface area (Å²) in [6.45, 7) is 7.74. The molecule has 0 saturated carbocycles. The fraction of sp³-hybridized carbons (Fsp3) is 0.241. The second kappa shape index (κ2) is 8.45. The van der Waals surface area contributed by atoms with E-state index >= 15 is 0 Å². The Morgan fingerprint density at radius 1 is 0.645 bits per heavy atom. The summed E-state index contributed by atoms with van der Waals surface area (Å²) in [5, 5.41) is 10.7. The Hall–Kier alpha value is -2.68. The second-order valence-corrected chi connectivity index (χ2v) is 11.5. The zero-order chi connectivity index (χ0) is 21.4. The zero-order valence-electron chi connectivity index (χ0n) is 18.7. The van der Waals surface area contributed by atoms with Crippen molar-refractivity contribution in [3.63, 3.8) is 0 Å². The van der Waals surface area contributed by atoms with Gasteiger partial charge in [0.05, 0.1) is 0 Å². The molecule has 1 nitrogen and oxygen atoms in total. The third-order valence-electron chi connectivity index (χ3n) is 6.65. The van der Waals surface area contributed by atoms with Gasteiger partial charge in [-0.1, -0.05) is 66.6 Å². The lowest BCUT2D eigenvalue weighted by Gasteiger charge is -2.16. The Kier molecular flexibility index (Phi) is 5.52. The third kappa shape index (κ3) is 3.98. The monoisotopic (exact) mass is 422 g/mol. The molecule has 0 spiro atoms. The van der Waals surface area contributed by atoms with Crippen molar-refractivity contribution in [3.05, 3.63) is 83.9 Å². The molecule has 5 aromatic rings. The van der Waals surface area contributed by atoms with Gasteiger partial charge in [-0.05, 0) is 99.7 Å². The van der Waals surface area contributed by atoms with Gasteiger partial charge in [0.2, 0.25) is 0 Å². The maximum atomic E-state index is 5.42. The van der Waals surface area contributed by atoms with Crippen LogP contribution in [0.15, 0.2) is 72.8 Å². The lowest BCUT2D eigenvalue weighted by Crippen LogP contribution is -2.18. The van der Waals surface area contributed by atoms with Gasteiger partial charge in [-0.15, -0.1) is 0 Å². The molecule has 1 atom stereocenters. The minimum atomic E-state index is -0.595. The Bertz CT molecular complexity index is 1400. The molecule has 2 heteroatoms. The number of hydrogen-bond donors (Lipinski definition) is 0. The molecule has 1 unspecified atom stereocenters. The number of benzene rings is 5. The van der Waals surface area contributed by atoms with Crippen LogP contribution in [0.5, 0.6) is 0 Å². The average molecular weight is 423 g/mol. The first kappa shape index (κ1) is 20.2. The fourth-order valence-corrected chi connectivity index (χ4v) is 6.44. The summed E-state index contributed by atoms with van der Waals surface area (Å²) in [5.74, 6) is 0. The first-order valence-electron chi connectivity index (χ1n) is 11.5. The minimum absolute atomic E-state index is 0.595. The molecule has 0 bridgehead atoms. The standard InChI is InChI=1S/C24H18.C5H12OSi/c1-15-7-8-20-14-24-21(16(2)22(20)11-15)10-9-19-12-17-5-3-4-6-18(17)13-23(19)24;1-7-5-3-2-4-6-7/h3-14H,1-2H3;7H,2-5H2,1H3. The summed E-state index contributed by atoms with van der Waals surface area (Å²) in [7, 11) is -0.595. The van der Waals surface area contributed by atoms with Crippen LogP contribution in [0.2, 0.25) is 12.6 Å². The van der Waals surface area contributed by atoms with E-state index in [0.717, 1.165) is 6.61 Å². The van der Waals surface area contributed by atoms with E-state index in [2.05, 4.69) is 93.2 Å². The Labute approximate surface area is 186 Å². The lowest BCUT2D eigenvalue weighted by atomic mass is 9.92. The van der Waals surface area contributed by atoms with E-state index in [-0.39, 0.29) is 0 Å². The smallest absolute Gasteiger partial charge is 0.173 e. The maximum Gasteiger partial charge on any atom is 0.173 e. The highest BCUT2D eigenvalue weighted by molar-refractivity contribution is 6.50. The molecule has 1 fully saturated rings. The van der Waals surface area contributed by atoms with Gasteiger partial charge in [0.15, 0.2) is 9.04 Å². The van der Waals surface area contributed by atoms with E-state index in [1.807, 2.05) is 0 Å². The molecule has 0 aliphatic carbocycles. The van der Waals surface area contributed by atoms with Gasteiger partial charge in [-0.3, -0.25) is 0 Å². The maximum absolute atomic E-state index is 5.42. The van der Waals surface area contributed by atoms with Gasteiger partial charge in [-0.25, -0.2) is 0 Å². The molecule has 0 aromatic heterocycles. The molecule has 0 amide bonds. The van der Waals surface area contributed by atoms with Crippen molar-refractivity contribution in [2.45, 2.75) is 39.3 Å². The van der Waals surface area contributed by atoms with Gasteiger partial charge in [-0.2, -0.15) is 0 Å². The Morgan fingerprint density at radius 3 is 2.06 bits per heavy atom. The van der Waals surface area contributed by atoms with E-state index in [9.17, 15) is 0 Å². The summed E-state index contributed by atoms with van der Waals surface area (Å²) in [6.07, 6.45) is 2.73. The van der Waals surface area contributed by atoms with Crippen molar-refractivity contribution in [2.24, 2.45) is 0 Å². The molecule has 156 valence electrons. The van der Waals surface area contributed by atoms with E-state index in [1.165, 1.54) is 73.1 Å². The SMILES string of the molecule is C[SiH]1CCCCO1.Cc1ccc2cc3c(ccc4cc5ccccc5cc43)c(C)c2c1. The van der Waals surface area contributed by atoms with Gasteiger partial charge in [0, 0.05) is 6.61 Å². The first-order valence-corrected chi connectivity index (χ1v) is 13.9. The van der Waals surface area contributed by atoms with E-state index < -0.39 is 9.04 Å². The molecule has 1 heterocycles. The topological polar surface area (TPSA) is 9.23 Å². The first-order chi connectivity index (χ1) is 15.1. The number of fused-ring (bicyclic) bond motifs is 5. The van der Waals surface area contributed by atoms with Crippen LogP contribution in [0.25, 0.3) is 43.1 Å². The minimum Gasteiger partial charge on any atom is -0.420 e. The van der Waals surface area contributed by atoms with Crippen LogP contribution in [0.4, 0.5) is 0 Å². The predicted molar refractivity (Wildman–Crippen MR) is 139 cm³/mol. The molecule has 1 aliphatic rings. The largest absolute Gasteiger partial charge is 0.420 e. The van der Waals surface area contributed by atoms with Crippen molar-refractivity contribution in [1.29, 1.82) is 0 Å².